The number of aliphatic hydroxyl groups is 1. The van der Waals surface area contributed by atoms with Gasteiger partial charge in [-0.15, -0.1) is 0 Å². The SMILES string of the molecule is COc1ccc(CN2C(=O)CCC(O)C2c2ccccc2)cc1. The van der Waals surface area contributed by atoms with Gasteiger partial charge in [0, 0.05) is 13.0 Å². The first-order valence-electron chi connectivity index (χ1n) is 7.84. The maximum absolute atomic E-state index is 12.4. The Hall–Kier alpha value is -2.33. The number of aliphatic hydroxyl groups excluding tert-OH is 1. The van der Waals surface area contributed by atoms with Crippen LogP contribution in [0.2, 0.25) is 0 Å². The van der Waals surface area contributed by atoms with Crippen molar-refractivity contribution in [1.29, 1.82) is 0 Å². The standard InChI is InChI=1S/C19H21NO3/c1-23-16-9-7-14(8-10-16)13-20-18(22)12-11-17(21)19(20)15-5-3-2-4-6-15/h2-10,17,19,21H,11-13H2,1H3. The molecule has 120 valence electrons. The number of amides is 1. The van der Waals surface area contributed by atoms with Crippen LogP contribution in [-0.4, -0.2) is 29.1 Å². The van der Waals surface area contributed by atoms with Crippen LogP contribution in [0.15, 0.2) is 54.6 Å². The minimum absolute atomic E-state index is 0.0833. The average molecular weight is 311 g/mol. The van der Waals surface area contributed by atoms with Crippen molar-refractivity contribution in [3.63, 3.8) is 0 Å². The van der Waals surface area contributed by atoms with Gasteiger partial charge in [0.05, 0.1) is 19.3 Å². The highest BCUT2D eigenvalue weighted by Crippen LogP contribution is 2.33. The zero-order chi connectivity index (χ0) is 16.2. The van der Waals surface area contributed by atoms with E-state index >= 15 is 0 Å². The number of hydrogen-bond donors (Lipinski definition) is 1. The van der Waals surface area contributed by atoms with Crippen molar-refractivity contribution >= 4 is 5.91 Å². The van der Waals surface area contributed by atoms with Crippen molar-refractivity contribution in [3.05, 3.63) is 65.7 Å². The summed E-state index contributed by atoms with van der Waals surface area (Å²) in [5.41, 5.74) is 2.00. The maximum atomic E-state index is 12.4. The first-order chi connectivity index (χ1) is 11.2. The van der Waals surface area contributed by atoms with Gasteiger partial charge in [-0.25, -0.2) is 0 Å². The fourth-order valence-electron chi connectivity index (χ4n) is 3.10. The summed E-state index contributed by atoms with van der Waals surface area (Å²) in [4.78, 5) is 14.2. The third kappa shape index (κ3) is 3.37. The van der Waals surface area contributed by atoms with Crippen LogP contribution < -0.4 is 4.74 Å². The molecule has 0 bridgehead atoms. The Morgan fingerprint density at radius 2 is 1.83 bits per heavy atom. The molecule has 0 saturated carbocycles. The van der Waals surface area contributed by atoms with E-state index in [1.165, 1.54) is 0 Å². The van der Waals surface area contributed by atoms with Crippen molar-refractivity contribution < 1.29 is 14.6 Å². The Morgan fingerprint density at radius 3 is 2.48 bits per heavy atom. The fraction of sp³-hybridized carbons (Fsp3) is 0.316. The molecule has 0 aromatic heterocycles. The number of nitrogens with zero attached hydrogens (tertiary/aromatic N) is 1. The summed E-state index contributed by atoms with van der Waals surface area (Å²) >= 11 is 0. The molecule has 0 aliphatic carbocycles. The maximum Gasteiger partial charge on any atom is 0.223 e. The summed E-state index contributed by atoms with van der Waals surface area (Å²) in [6.07, 6.45) is 0.367. The second kappa shape index (κ2) is 6.84. The molecule has 1 N–H and O–H groups in total. The molecule has 4 nitrogen and oxygen atoms in total. The van der Waals surface area contributed by atoms with Gasteiger partial charge in [0.2, 0.25) is 5.91 Å². The van der Waals surface area contributed by atoms with Gasteiger partial charge in [-0.05, 0) is 29.7 Å². The second-order valence-electron chi connectivity index (χ2n) is 5.83. The number of likely N-dealkylation sites (tertiary alicyclic amines) is 1. The summed E-state index contributed by atoms with van der Waals surface area (Å²) in [6.45, 7) is 0.486. The van der Waals surface area contributed by atoms with Gasteiger partial charge in [-0.1, -0.05) is 42.5 Å². The van der Waals surface area contributed by atoms with E-state index < -0.39 is 6.10 Å². The van der Waals surface area contributed by atoms with Crippen LogP contribution in [0.5, 0.6) is 5.75 Å². The van der Waals surface area contributed by atoms with E-state index in [2.05, 4.69) is 0 Å². The van der Waals surface area contributed by atoms with Gasteiger partial charge in [0.1, 0.15) is 5.75 Å². The Bertz CT molecular complexity index is 654. The number of carbonyl (C=O) groups is 1. The van der Waals surface area contributed by atoms with E-state index in [1.807, 2.05) is 54.6 Å². The monoisotopic (exact) mass is 311 g/mol. The van der Waals surface area contributed by atoms with Gasteiger partial charge in [-0.2, -0.15) is 0 Å². The Morgan fingerprint density at radius 1 is 1.13 bits per heavy atom. The predicted molar refractivity (Wildman–Crippen MR) is 88.0 cm³/mol. The second-order valence-corrected chi connectivity index (χ2v) is 5.83. The van der Waals surface area contributed by atoms with Crippen LogP contribution in [0.3, 0.4) is 0 Å². The lowest BCUT2D eigenvalue weighted by Crippen LogP contribution is -2.44. The first kappa shape index (κ1) is 15.6. The predicted octanol–water partition coefficient (Wildman–Crippen LogP) is 2.92. The molecular weight excluding hydrogens is 290 g/mol. The molecule has 1 saturated heterocycles. The van der Waals surface area contributed by atoms with Crippen molar-refractivity contribution in [1.82, 2.24) is 4.90 Å². The molecular formula is C19H21NO3. The van der Waals surface area contributed by atoms with Crippen LogP contribution >= 0.6 is 0 Å². The minimum Gasteiger partial charge on any atom is -0.497 e. The summed E-state index contributed by atoms with van der Waals surface area (Å²) < 4.78 is 5.17. The Kier molecular flexibility index (Phi) is 4.63. The van der Waals surface area contributed by atoms with E-state index in [4.69, 9.17) is 4.74 Å². The van der Waals surface area contributed by atoms with Crippen LogP contribution in [0.1, 0.15) is 30.0 Å². The number of piperidine rings is 1. The molecule has 1 heterocycles. The summed E-state index contributed by atoms with van der Waals surface area (Å²) in [7, 11) is 1.63. The molecule has 1 aliphatic rings. The van der Waals surface area contributed by atoms with Crippen molar-refractivity contribution in [2.75, 3.05) is 7.11 Å². The van der Waals surface area contributed by atoms with Gasteiger partial charge >= 0.3 is 0 Å². The summed E-state index contributed by atoms with van der Waals surface area (Å²) in [5.74, 6) is 0.873. The molecule has 1 amide bonds. The highest BCUT2D eigenvalue weighted by Gasteiger charge is 2.35. The normalized spacial score (nSPS) is 21.3. The van der Waals surface area contributed by atoms with Gasteiger partial charge in [0.25, 0.3) is 0 Å². The van der Waals surface area contributed by atoms with Crippen molar-refractivity contribution in [3.8, 4) is 5.75 Å². The number of methoxy groups -OCH3 is 1. The summed E-state index contributed by atoms with van der Waals surface area (Å²) in [6, 6.07) is 17.1. The van der Waals surface area contributed by atoms with Gasteiger partial charge in [0.15, 0.2) is 0 Å². The van der Waals surface area contributed by atoms with Crippen molar-refractivity contribution in [2.45, 2.75) is 31.5 Å². The lowest BCUT2D eigenvalue weighted by atomic mass is 9.91. The van der Waals surface area contributed by atoms with Crippen molar-refractivity contribution in [2.24, 2.45) is 0 Å². The molecule has 4 heteroatoms. The highest BCUT2D eigenvalue weighted by molar-refractivity contribution is 5.78. The topological polar surface area (TPSA) is 49.8 Å². The lowest BCUT2D eigenvalue weighted by molar-refractivity contribution is -0.143. The summed E-state index contributed by atoms with van der Waals surface area (Å²) in [5, 5.41) is 10.5. The highest BCUT2D eigenvalue weighted by atomic mass is 16.5. The van der Waals surface area contributed by atoms with E-state index in [9.17, 15) is 9.90 Å². The fourth-order valence-corrected chi connectivity index (χ4v) is 3.10. The molecule has 23 heavy (non-hydrogen) atoms. The molecule has 3 rings (SSSR count). The molecule has 2 aromatic rings. The van der Waals surface area contributed by atoms with E-state index in [1.54, 1.807) is 12.0 Å². The number of benzene rings is 2. The number of rotatable bonds is 4. The zero-order valence-corrected chi connectivity index (χ0v) is 13.2. The van der Waals surface area contributed by atoms with E-state index in [0.717, 1.165) is 16.9 Å². The largest absolute Gasteiger partial charge is 0.497 e. The molecule has 1 fully saturated rings. The van der Waals surface area contributed by atoms with E-state index in [0.29, 0.717) is 19.4 Å². The molecule has 2 atom stereocenters. The number of ether oxygens (including phenoxy) is 1. The van der Waals surface area contributed by atoms with Crippen LogP contribution in [0, 0.1) is 0 Å². The first-order valence-corrected chi connectivity index (χ1v) is 7.84. The third-order valence-electron chi connectivity index (χ3n) is 4.33. The zero-order valence-electron chi connectivity index (χ0n) is 13.2. The third-order valence-corrected chi connectivity index (χ3v) is 4.33. The Balaban J connectivity index is 1.87. The van der Waals surface area contributed by atoms with E-state index in [-0.39, 0.29) is 11.9 Å². The number of carbonyl (C=O) groups excluding carboxylic acids is 1. The smallest absolute Gasteiger partial charge is 0.223 e. The molecule has 2 aromatic carbocycles. The Labute approximate surface area is 136 Å². The number of hydrogen-bond acceptors (Lipinski definition) is 3. The van der Waals surface area contributed by atoms with Crippen LogP contribution in [0.25, 0.3) is 0 Å². The lowest BCUT2D eigenvalue weighted by Gasteiger charge is -2.39. The average Bonchev–Trinajstić information content (AvgIpc) is 2.60. The van der Waals surface area contributed by atoms with Gasteiger partial charge < -0.3 is 14.7 Å². The molecule has 0 radical (unpaired) electrons. The quantitative estimate of drug-likeness (QED) is 0.944. The van der Waals surface area contributed by atoms with Gasteiger partial charge in [-0.3, -0.25) is 4.79 Å². The van der Waals surface area contributed by atoms with Crippen LogP contribution in [-0.2, 0) is 11.3 Å². The minimum atomic E-state index is -0.534. The molecule has 0 spiro atoms. The van der Waals surface area contributed by atoms with Crippen LogP contribution in [0.4, 0.5) is 0 Å². The molecule has 2 unspecified atom stereocenters. The molecule has 1 aliphatic heterocycles.